The van der Waals surface area contributed by atoms with Gasteiger partial charge in [0.2, 0.25) is 5.91 Å². The van der Waals surface area contributed by atoms with Gasteiger partial charge in [-0.3, -0.25) is 4.79 Å². The Hall–Kier alpha value is -2.01. The SMILES string of the molecule is O=C(CCOc1ccccc1Cl)NCCc1cnc[nH]1. The number of halogens is 1. The van der Waals surface area contributed by atoms with Crippen LogP contribution in [-0.4, -0.2) is 29.0 Å². The van der Waals surface area contributed by atoms with Gasteiger partial charge >= 0.3 is 0 Å². The van der Waals surface area contributed by atoms with Gasteiger partial charge in [-0.05, 0) is 12.1 Å². The van der Waals surface area contributed by atoms with E-state index in [4.69, 9.17) is 16.3 Å². The summed E-state index contributed by atoms with van der Waals surface area (Å²) in [5, 5.41) is 3.37. The smallest absolute Gasteiger partial charge is 0.223 e. The highest BCUT2D eigenvalue weighted by Crippen LogP contribution is 2.22. The number of carbonyl (C=O) groups is 1. The van der Waals surface area contributed by atoms with Crippen molar-refractivity contribution in [1.82, 2.24) is 15.3 Å². The van der Waals surface area contributed by atoms with Crippen molar-refractivity contribution in [2.45, 2.75) is 12.8 Å². The summed E-state index contributed by atoms with van der Waals surface area (Å²) in [6.07, 6.45) is 4.40. The average Bonchev–Trinajstić information content (AvgIpc) is 2.94. The molecule has 0 unspecified atom stereocenters. The topological polar surface area (TPSA) is 67.0 Å². The van der Waals surface area contributed by atoms with Crippen LogP contribution in [0, 0.1) is 0 Å². The quantitative estimate of drug-likeness (QED) is 0.822. The Morgan fingerprint density at radius 3 is 3.00 bits per heavy atom. The van der Waals surface area contributed by atoms with Gasteiger partial charge in [-0.1, -0.05) is 23.7 Å². The lowest BCUT2D eigenvalue weighted by atomic mass is 10.3. The molecule has 1 heterocycles. The number of aromatic amines is 1. The summed E-state index contributed by atoms with van der Waals surface area (Å²) in [4.78, 5) is 18.5. The zero-order chi connectivity index (χ0) is 14.2. The first kappa shape index (κ1) is 14.4. The second-order valence-corrected chi connectivity index (χ2v) is 4.61. The van der Waals surface area contributed by atoms with Crippen molar-refractivity contribution in [3.05, 3.63) is 47.5 Å². The molecule has 0 radical (unpaired) electrons. The summed E-state index contributed by atoms with van der Waals surface area (Å²) < 4.78 is 5.45. The van der Waals surface area contributed by atoms with E-state index in [2.05, 4.69) is 15.3 Å². The van der Waals surface area contributed by atoms with Gasteiger partial charge in [0.25, 0.3) is 0 Å². The van der Waals surface area contributed by atoms with Crippen molar-refractivity contribution in [1.29, 1.82) is 0 Å². The maximum Gasteiger partial charge on any atom is 0.223 e. The molecule has 0 aliphatic heterocycles. The van der Waals surface area contributed by atoms with E-state index < -0.39 is 0 Å². The minimum Gasteiger partial charge on any atom is -0.491 e. The molecule has 2 aromatic rings. The van der Waals surface area contributed by atoms with Gasteiger partial charge in [0.15, 0.2) is 0 Å². The van der Waals surface area contributed by atoms with E-state index in [1.54, 1.807) is 24.7 Å². The number of hydrogen-bond donors (Lipinski definition) is 2. The summed E-state index contributed by atoms with van der Waals surface area (Å²) in [6.45, 7) is 0.882. The largest absolute Gasteiger partial charge is 0.491 e. The molecule has 0 aliphatic carbocycles. The Kier molecular flexibility index (Phi) is 5.43. The van der Waals surface area contributed by atoms with Gasteiger partial charge in [-0.25, -0.2) is 4.98 Å². The van der Waals surface area contributed by atoms with E-state index in [-0.39, 0.29) is 5.91 Å². The van der Waals surface area contributed by atoms with Crippen LogP contribution in [0.25, 0.3) is 0 Å². The van der Waals surface area contributed by atoms with Crippen LogP contribution in [-0.2, 0) is 11.2 Å². The van der Waals surface area contributed by atoms with E-state index in [9.17, 15) is 4.79 Å². The molecule has 0 saturated heterocycles. The van der Waals surface area contributed by atoms with Crippen LogP contribution >= 0.6 is 11.6 Å². The number of imidazole rings is 1. The minimum absolute atomic E-state index is 0.0448. The van der Waals surface area contributed by atoms with Gasteiger partial charge in [-0.2, -0.15) is 0 Å². The zero-order valence-corrected chi connectivity index (χ0v) is 11.7. The number of benzene rings is 1. The summed E-state index contributed by atoms with van der Waals surface area (Å²) in [7, 11) is 0. The Morgan fingerprint density at radius 1 is 1.40 bits per heavy atom. The van der Waals surface area contributed by atoms with Crippen LogP contribution in [0.15, 0.2) is 36.8 Å². The standard InChI is InChI=1S/C14H16ClN3O2/c15-12-3-1-2-4-13(12)20-8-6-14(19)17-7-5-11-9-16-10-18-11/h1-4,9-10H,5-8H2,(H,16,18)(H,17,19). The molecule has 5 nitrogen and oxygen atoms in total. The molecule has 6 heteroatoms. The predicted molar refractivity (Wildman–Crippen MR) is 76.9 cm³/mol. The minimum atomic E-state index is -0.0448. The lowest BCUT2D eigenvalue weighted by Crippen LogP contribution is -2.27. The van der Waals surface area contributed by atoms with Gasteiger partial charge in [0, 0.05) is 24.9 Å². The number of nitrogens with one attached hydrogen (secondary N) is 2. The molecule has 0 saturated carbocycles. The highest BCUT2D eigenvalue weighted by atomic mass is 35.5. The molecule has 1 aromatic carbocycles. The molecule has 20 heavy (non-hydrogen) atoms. The lowest BCUT2D eigenvalue weighted by Gasteiger charge is -2.08. The van der Waals surface area contributed by atoms with Crippen molar-refractivity contribution in [2.24, 2.45) is 0 Å². The molecule has 0 fully saturated rings. The number of H-pyrrole nitrogens is 1. The van der Waals surface area contributed by atoms with Crippen molar-refractivity contribution in [3.63, 3.8) is 0 Å². The second kappa shape index (κ2) is 7.55. The first-order chi connectivity index (χ1) is 9.75. The fourth-order valence-corrected chi connectivity index (χ4v) is 1.85. The number of rotatable bonds is 7. The van der Waals surface area contributed by atoms with Gasteiger partial charge in [0.05, 0.1) is 24.4 Å². The van der Waals surface area contributed by atoms with Gasteiger partial charge in [-0.15, -0.1) is 0 Å². The molecule has 1 amide bonds. The third-order valence-electron chi connectivity index (χ3n) is 2.69. The van der Waals surface area contributed by atoms with E-state index >= 15 is 0 Å². The average molecular weight is 294 g/mol. The maximum absolute atomic E-state index is 11.6. The summed E-state index contributed by atoms with van der Waals surface area (Å²) >= 11 is 5.95. The maximum atomic E-state index is 11.6. The molecular formula is C14H16ClN3O2. The van der Waals surface area contributed by atoms with Gasteiger partial charge in [0.1, 0.15) is 5.75 Å². The van der Waals surface area contributed by atoms with Crippen molar-refractivity contribution < 1.29 is 9.53 Å². The number of aromatic nitrogens is 2. The number of para-hydroxylation sites is 1. The number of nitrogens with zero attached hydrogens (tertiary/aromatic N) is 1. The first-order valence-electron chi connectivity index (χ1n) is 6.37. The van der Waals surface area contributed by atoms with Crippen LogP contribution in [0.3, 0.4) is 0 Å². The summed E-state index contributed by atoms with van der Waals surface area (Å²) in [5.41, 5.74) is 0.998. The van der Waals surface area contributed by atoms with E-state index in [1.807, 2.05) is 12.1 Å². The van der Waals surface area contributed by atoms with Crippen LogP contribution in [0.5, 0.6) is 5.75 Å². The molecular weight excluding hydrogens is 278 g/mol. The fourth-order valence-electron chi connectivity index (χ4n) is 1.66. The molecule has 1 aromatic heterocycles. The molecule has 0 bridgehead atoms. The number of hydrogen-bond acceptors (Lipinski definition) is 3. The molecule has 2 rings (SSSR count). The van der Waals surface area contributed by atoms with E-state index in [1.165, 1.54) is 0 Å². The Labute approximate surface area is 122 Å². The monoisotopic (exact) mass is 293 g/mol. The Balaban J connectivity index is 1.62. The predicted octanol–water partition coefficient (Wildman–Crippen LogP) is 2.19. The zero-order valence-electron chi connectivity index (χ0n) is 10.9. The lowest BCUT2D eigenvalue weighted by molar-refractivity contribution is -0.121. The normalized spacial score (nSPS) is 10.2. The molecule has 0 atom stereocenters. The number of ether oxygens (including phenoxy) is 1. The van der Waals surface area contributed by atoms with Crippen LogP contribution in [0.1, 0.15) is 12.1 Å². The molecule has 0 spiro atoms. The number of carbonyl (C=O) groups excluding carboxylic acids is 1. The summed E-state index contributed by atoms with van der Waals surface area (Å²) in [6, 6.07) is 7.20. The third kappa shape index (κ3) is 4.59. The number of amides is 1. The first-order valence-corrected chi connectivity index (χ1v) is 6.75. The van der Waals surface area contributed by atoms with Crippen LogP contribution < -0.4 is 10.1 Å². The highest BCUT2D eigenvalue weighted by Gasteiger charge is 2.04. The Bertz CT molecular complexity index is 543. The molecule has 2 N–H and O–H groups in total. The second-order valence-electron chi connectivity index (χ2n) is 4.21. The van der Waals surface area contributed by atoms with Gasteiger partial charge < -0.3 is 15.0 Å². The molecule has 0 aliphatic rings. The third-order valence-corrected chi connectivity index (χ3v) is 3.01. The Morgan fingerprint density at radius 2 is 2.25 bits per heavy atom. The van der Waals surface area contributed by atoms with Crippen LogP contribution in [0.2, 0.25) is 5.02 Å². The van der Waals surface area contributed by atoms with Crippen molar-refractivity contribution in [2.75, 3.05) is 13.2 Å². The highest BCUT2D eigenvalue weighted by molar-refractivity contribution is 6.32. The van der Waals surface area contributed by atoms with Crippen molar-refractivity contribution in [3.8, 4) is 5.75 Å². The summed E-state index contributed by atoms with van der Waals surface area (Å²) in [5.74, 6) is 0.552. The van der Waals surface area contributed by atoms with E-state index in [0.29, 0.717) is 30.3 Å². The van der Waals surface area contributed by atoms with E-state index in [0.717, 1.165) is 12.1 Å². The molecule has 106 valence electrons. The fraction of sp³-hybridized carbons (Fsp3) is 0.286. The van der Waals surface area contributed by atoms with Crippen LogP contribution in [0.4, 0.5) is 0 Å². The van der Waals surface area contributed by atoms with Crippen molar-refractivity contribution >= 4 is 17.5 Å².